The number of nitrogens with zero attached hydrogens (tertiary/aromatic N) is 6. The summed E-state index contributed by atoms with van der Waals surface area (Å²) in [5.41, 5.74) is 3.18. The van der Waals surface area contributed by atoms with Crippen LogP contribution in [0.25, 0.3) is 16.5 Å². The van der Waals surface area contributed by atoms with Crippen LogP contribution >= 0.6 is 11.8 Å². The lowest BCUT2D eigenvalue weighted by atomic mass is 10.1. The summed E-state index contributed by atoms with van der Waals surface area (Å²) in [5, 5.41) is 26.1. The highest BCUT2D eigenvalue weighted by molar-refractivity contribution is 7.99. The zero-order chi connectivity index (χ0) is 23.6. The molecule has 1 fully saturated rings. The van der Waals surface area contributed by atoms with Crippen molar-refractivity contribution in [2.45, 2.75) is 10.1 Å². The minimum atomic E-state index is 0.233. The minimum Gasteiger partial charge on any atom is -0.507 e. The number of aromatic nitrogens is 4. The molecule has 1 aliphatic rings. The molecule has 7 nitrogen and oxygen atoms in total. The number of anilines is 2. The molecule has 0 amide bonds. The Hall–Kier alpha value is -4.04. The molecule has 5 aromatic rings. The van der Waals surface area contributed by atoms with E-state index in [4.69, 9.17) is 0 Å². The first-order valence-corrected chi connectivity index (χ1v) is 12.4. The van der Waals surface area contributed by atoms with Crippen LogP contribution in [-0.2, 0) is 0 Å². The van der Waals surface area contributed by atoms with Gasteiger partial charge >= 0.3 is 0 Å². The van der Waals surface area contributed by atoms with Crippen LogP contribution in [0.15, 0.2) is 101 Å². The lowest BCUT2D eigenvalue weighted by Gasteiger charge is -2.38. The number of phenolic OH excluding ortho intramolecular Hbond substituents is 1. The molecule has 1 aromatic heterocycles. The average molecular weight is 481 g/mol. The Morgan fingerprint density at radius 1 is 0.686 bits per heavy atom. The van der Waals surface area contributed by atoms with E-state index in [1.54, 1.807) is 4.68 Å². The van der Waals surface area contributed by atoms with Gasteiger partial charge in [-0.1, -0.05) is 60.7 Å². The van der Waals surface area contributed by atoms with Crippen molar-refractivity contribution in [3.05, 3.63) is 91.0 Å². The molecule has 1 N–H and O–H groups in total. The normalized spacial score (nSPS) is 13.9. The number of aromatic hydroxyl groups is 1. The van der Waals surface area contributed by atoms with Crippen molar-refractivity contribution in [1.82, 2.24) is 20.2 Å². The van der Waals surface area contributed by atoms with Crippen molar-refractivity contribution in [3.63, 3.8) is 0 Å². The largest absolute Gasteiger partial charge is 0.507 e. The molecule has 1 saturated heterocycles. The summed E-state index contributed by atoms with van der Waals surface area (Å²) in [5.74, 6) is 0.233. The van der Waals surface area contributed by atoms with Gasteiger partial charge in [-0.25, -0.2) is 0 Å². The summed E-state index contributed by atoms with van der Waals surface area (Å²) < 4.78 is 1.69. The van der Waals surface area contributed by atoms with Gasteiger partial charge in [0.05, 0.1) is 10.6 Å². The maximum absolute atomic E-state index is 11.2. The Bertz CT molecular complexity index is 1450. The number of fused-ring (bicyclic) bond motifs is 1. The third-order valence-electron chi connectivity index (χ3n) is 6.33. The summed E-state index contributed by atoms with van der Waals surface area (Å²) >= 11 is 1.37. The minimum absolute atomic E-state index is 0.233. The lowest BCUT2D eigenvalue weighted by molar-refractivity contribution is 0.463. The monoisotopic (exact) mass is 480 g/mol. The number of phenols is 1. The summed E-state index contributed by atoms with van der Waals surface area (Å²) in [4.78, 5) is 5.52. The summed E-state index contributed by atoms with van der Waals surface area (Å²) in [6.07, 6.45) is 0. The summed E-state index contributed by atoms with van der Waals surface area (Å²) in [7, 11) is 0. The van der Waals surface area contributed by atoms with Crippen LogP contribution in [0.3, 0.4) is 0 Å². The quantitative estimate of drug-likeness (QED) is 0.380. The third-order valence-corrected chi connectivity index (χ3v) is 7.40. The molecule has 0 spiro atoms. The second kappa shape index (κ2) is 9.31. The van der Waals surface area contributed by atoms with E-state index < -0.39 is 0 Å². The number of hydrogen-bond donors (Lipinski definition) is 1. The van der Waals surface area contributed by atoms with Crippen LogP contribution < -0.4 is 9.80 Å². The van der Waals surface area contributed by atoms with Gasteiger partial charge in [0.15, 0.2) is 0 Å². The van der Waals surface area contributed by atoms with Crippen molar-refractivity contribution < 1.29 is 5.11 Å². The Labute approximate surface area is 207 Å². The summed E-state index contributed by atoms with van der Waals surface area (Å²) in [6, 6.07) is 30.4. The molecule has 0 saturated carbocycles. The standard InChI is InChI=1S/C27H24N6OS/c34-25-19-24(32-17-15-31(16-18-32)20-9-3-1-4-10-20)22-13-7-8-14-23(22)26(25)35-27-28-29-30-33(27)21-11-5-2-6-12-21/h1-14,19,34H,15-18H2. The van der Waals surface area contributed by atoms with Crippen LogP contribution in [0.5, 0.6) is 5.75 Å². The molecular weight excluding hydrogens is 456 g/mol. The number of benzene rings is 4. The van der Waals surface area contributed by atoms with Gasteiger partial charge < -0.3 is 14.9 Å². The van der Waals surface area contributed by atoms with Gasteiger partial charge in [0, 0.05) is 54.4 Å². The smallest absolute Gasteiger partial charge is 0.219 e. The molecule has 0 radical (unpaired) electrons. The van der Waals surface area contributed by atoms with E-state index in [-0.39, 0.29) is 5.75 Å². The summed E-state index contributed by atoms with van der Waals surface area (Å²) in [6.45, 7) is 3.64. The lowest BCUT2D eigenvalue weighted by Crippen LogP contribution is -2.46. The highest BCUT2D eigenvalue weighted by Gasteiger charge is 2.22. The Balaban J connectivity index is 1.32. The predicted octanol–water partition coefficient (Wildman–Crippen LogP) is 5.00. The van der Waals surface area contributed by atoms with E-state index in [0.29, 0.717) is 5.16 Å². The van der Waals surface area contributed by atoms with Gasteiger partial charge in [-0.15, -0.1) is 5.10 Å². The zero-order valence-corrected chi connectivity index (χ0v) is 19.8. The number of rotatable bonds is 5. The maximum atomic E-state index is 11.2. The van der Waals surface area contributed by atoms with Gasteiger partial charge in [-0.3, -0.25) is 0 Å². The van der Waals surface area contributed by atoms with Crippen LogP contribution in [0.4, 0.5) is 11.4 Å². The predicted molar refractivity (Wildman–Crippen MR) is 140 cm³/mol. The van der Waals surface area contributed by atoms with E-state index in [1.807, 2.05) is 54.6 Å². The van der Waals surface area contributed by atoms with Gasteiger partial charge in [-0.05, 0) is 46.5 Å². The first-order valence-electron chi connectivity index (χ1n) is 11.6. The second-order valence-electron chi connectivity index (χ2n) is 8.41. The molecule has 2 heterocycles. The fourth-order valence-electron chi connectivity index (χ4n) is 4.59. The van der Waals surface area contributed by atoms with Crippen LogP contribution in [0, 0.1) is 0 Å². The third kappa shape index (κ3) is 4.17. The van der Waals surface area contributed by atoms with Gasteiger partial charge in [0.1, 0.15) is 5.75 Å². The van der Waals surface area contributed by atoms with Crippen LogP contribution in [-0.4, -0.2) is 51.5 Å². The number of hydrogen-bond acceptors (Lipinski definition) is 7. The van der Waals surface area contributed by atoms with E-state index in [9.17, 15) is 5.11 Å². The Kier molecular flexibility index (Phi) is 5.71. The van der Waals surface area contributed by atoms with Crippen LogP contribution in [0.2, 0.25) is 0 Å². The van der Waals surface area contributed by atoms with E-state index in [1.165, 1.54) is 17.4 Å². The fourth-order valence-corrected chi connectivity index (χ4v) is 5.53. The molecular formula is C27H24N6OS. The highest BCUT2D eigenvalue weighted by Crippen LogP contribution is 2.44. The molecule has 6 rings (SSSR count). The van der Waals surface area contributed by atoms with E-state index in [0.717, 1.165) is 53.2 Å². The zero-order valence-electron chi connectivity index (χ0n) is 19.0. The van der Waals surface area contributed by atoms with E-state index in [2.05, 4.69) is 61.7 Å². The topological polar surface area (TPSA) is 70.3 Å². The van der Waals surface area contributed by atoms with Gasteiger partial charge in [0.2, 0.25) is 5.16 Å². The van der Waals surface area contributed by atoms with Crippen molar-refractivity contribution in [3.8, 4) is 11.4 Å². The van der Waals surface area contributed by atoms with Crippen LogP contribution in [0.1, 0.15) is 0 Å². The molecule has 0 bridgehead atoms. The number of piperazine rings is 1. The van der Waals surface area contributed by atoms with Crippen molar-refractivity contribution in [2.75, 3.05) is 36.0 Å². The molecule has 1 aliphatic heterocycles. The second-order valence-corrected chi connectivity index (χ2v) is 9.39. The SMILES string of the molecule is Oc1cc(N2CCN(c3ccccc3)CC2)c2ccccc2c1Sc1nnnn1-c1ccccc1. The number of para-hydroxylation sites is 2. The van der Waals surface area contributed by atoms with Crippen molar-refractivity contribution in [1.29, 1.82) is 0 Å². The van der Waals surface area contributed by atoms with Gasteiger partial charge in [0.25, 0.3) is 0 Å². The first kappa shape index (κ1) is 21.5. The molecule has 174 valence electrons. The molecule has 8 heteroatoms. The van der Waals surface area contributed by atoms with Crippen molar-refractivity contribution >= 4 is 33.9 Å². The first-order chi connectivity index (χ1) is 17.3. The molecule has 4 aromatic carbocycles. The fraction of sp³-hybridized carbons (Fsp3) is 0.148. The molecule has 0 unspecified atom stereocenters. The highest BCUT2D eigenvalue weighted by atomic mass is 32.2. The number of tetrazole rings is 1. The average Bonchev–Trinajstić information content (AvgIpc) is 3.39. The Morgan fingerprint density at radius 2 is 1.29 bits per heavy atom. The maximum Gasteiger partial charge on any atom is 0.219 e. The van der Waals surface area contributed by atoms with Gasteiger partial charge in [-0.2, -0.15) is 4.68 Å². The van der Waals surface area contributed by atoms with Crippen molar-refractivity contribution in [2.24, 2.45) is 0 Å². The molecule has 0 aliphatic carbocycles. The molecule has 35 heavy (non-hydrogen) atoms. The van der Waals surface area contributed by atoms with E-state index >= 15 is 0 Å². The molecule has 0 atom stereocenters. The Morgan fingerprint density at radius 3 is 2.00 bits per heavy atom.